The monoisotopic (exact) mass is 285 g/mol. The molecular formula is C17H35NO2. The van der Waals surface area contributed by atoms with Gasteiger partial charge in [0.1, 0.15) is 0 Å². The van der Waals surface area contributed by atoms with E-state index < -0.39 is 0 Å². The van der Waals surface area contributed by atoms with Crippen LogP contribution in [0.5, 0.6) is 0 Å². The van der Waals surface area contributed by atoms with E-state index in [4.69, 9.17) is 4.74 Å². The van der Waals surface area contributed by atoms with E-state index in [9.17, 15) is 4.79 Å². The first-order chi connectivity index (χ1) is 8.96. The summed E-state index contributed by atoms with van der Waals surface area (Å²) in [4.78, 5) is 12.3. The van der Waals surface area contributed by atoms with Crippen molar-refractivity contribution in [1.29, 1.82) is 0 Å². The Balaban J connectivity index is 4.21. The van der Waals surface area contributed by atoms with Crippen molar-refractivity contribution in [3.63, 3.8) is 0 Å². The van der Waals surface area contributed by atoms with Gasteiger partial charge >= 0.3 is 0 Å². The molecule has 0 rings (SSSR count). The molecule has 120 valence electrons. The fourth-order valence-electron chi connectivity index (χ4n) is 2.27. The zero-order valence-corrected chi connectivity index (χ0v) is 14.8. The zero-order valence-electron chi connectivity index (χ0n) is 14.8. The van der Waals surface area contributed by atoms with Gasteiger partial charge in [-0.3, -0.25) is 4.79 Å². The summed E-state index contributed by atoms with van der Waals surface area (Å²) in [5.41, 5.74) is -0.624. The van der Waals surface area contributed by atoms with Crippen LogP contribution in [0.3, 0.4) is 0 Å². The number of hydrogen-bond acceptors (Lipinski definition) is 2. The van der Waals surface area contributed by atoms with Crippen LogP contribution < -0.4 is 5.32 Å². The van der Waals surface area contributed by atoms with Crippen LogP contribution in [0.25, 0.3) is 0 Å². The highest BCUT2D eigenvalue weighted by Gasteiger charge is 2.30. The van der Waals surface area contributed by atoms with Crippen molar-refractivity contribution in [3.05, 3.63) is 0 Å². The molecule has 0 saturated heterocycles. The van der Waals surface area contributed by atoms with E-state index in [-0.39, 0.29) is 16.9 Å². The summed E-state index contributed by atoms with van der Waals surface area (Å²) in [5.74, 6) is 1.28. The van der Waals surface area contributed by atoms with E-state index in [0.29, 0.717) is 18.4 Å². The third-order valence-corrected chi connectivity index (χ3v) is 3.40. The maximum atomic E-state index is 12.3. The summed E-state index contributed by atoms with van der Waals surface area (Å²) >= 11 is 0. The maximum Gasteiger partial charge on any atom is 0.225 e. The molecule has 0 aromatic heterocycles. The van der Waals surface area contributed by atoms with Gasteiger partial charge in [-0.05, 0) is 38.5 Å². The van der Waals surface area contributed by atoms with Crippen LogP contribution in [-0.2, 0) is 9.53 Å². The van der Waals surface area contributed by atoms with Gasteiger partial charge in [0.2, 0.25) is 5.91 Å². The molecule has 0 aliphatic rings. The van der Waals surface area contributed by atoms with Crippen molar-refractivity contribution in [2.24, 2.45) is 17.3 Å². The lowest BCUT2D eigenvalue weighted by Gasteiger charge is -2.30. The molecule has 0 aliphatic heterocycles. The molecule has 0 aromatic carbocycles. The van der Waals surface area contributed by atoms with Crippen molar-refractivity contribution < 1.29 is 9.53 Å². The molecule has 0 aliphatic carbocycles. The number of carbonyl (C=O) groups excluding carboxylic acids is 1. The second-order valence-corrected chi connectivity index (χ2v) is 7.96. The second-order valence-electron chi connectivity index (χ2n) is 7.96. The molecule has 1 amide bonds. The fraction of sp³-hybridized carbons (Fsp3) is 0.941. The van der Waals surface area contributed by atoms with Crippen molar-refractivity contribution in [2.75, 3.05) is 13.2 Å². The minimum absolute atomic E-state index is 0.117. The molecule has 0 radical (unpaired) electrons. The first-order valence-corrected chi connectivity index (χ1v) is 7.88. The first-order valence-electron chi connectivity index (χ1n) is 7.88. The van der Waals surface area contributed by atoms with E-state index in [1.807, 2.05) is 27.7 Å². The van der Waals surface area contributed by atoms with E-state index in [2.05, 4.69) is 33.0 Å². The summed E-state index contributed by atoms with van der Waals surface area (Å²) in [6, 6.07) is 0. The Bertz CT molecular complexity index is 293. The van der Waals surface area contributed by atoms with E-state index in [1.165, 1.54) is 0 Å². The van der Waals surface area contributed by atoms with Crippen LogP contribution in [0.2, 0.25) is 0 Å². The Labute approximate surface area is 125 Å². The Morgan fingerprint density at radius 3 is 2.05 bits per heavy atom. The lowest BCUT2D eigenvalue weighted by atomic mass is 9.83. The van der Waals surface area contributed by atoms with Gasteiger partial charge in [-0.25, -0.2) is 0 Å². The molecule has 0 spiro atoms. The topological polar surface area (TPSA) is 38.3 Å². The third kappa shape index (κ3) is 8.57. The largest absolute Gasteiger partial charge is 0.374 e. The zero-order chi connectivity index (χ0) is 16.0. The fourth-order valence-corrected chi connectivity index (χ4v) is 2.27. The minimum Gasteiger partial charge on any atom is -0.374 e. The van der Waals surface area contributed by atoms with Gasteiger partial charge in [-0.2, -0.15) is 0 Å². The SMILES string of the molecule is CC(C)CCOC(C)(C)CNC(=O)C(C)(C)CC(C)C. The van der Waals surface area contributed by atoms with Gasteiger partial charge in [0.25, 0.3) is 0 Å². The van der Waals surface area contributed by atoms with Crippen LogP contribution >= 0.6 is 0 Å². The lowest BCUT2D eigenvalue weighted by molar-refractivity contribution is -0.131. The van der Waals surface area contributed by atoms with Crippen LogP contribution in [0, 0.1) is 17.3 Å². The van der Waals surface area contributed by atoms with Crippen molar-refractivity contribution in [3.8, 4) is 0 Å². The quantitative estimate of drug-likeness (QED) is 0.695. The van der Waals surface area contributed by atoms with Gasteiger partial charge in [0.15, 0.2) is 0 Å². The molecule has 3 heteroatoms. The van der Waals surface area contributed by atoms with E-state index in [1.54, 1.807) is 0 Å². The number of hydrogen-bond donors (Lipinski definition) is 1. The molecule has 0 atom stereocenters. The Morgan fingerprint density at radius 1 is 1.05 bits per heavy atom. The normalized spacial score (nSPS) is 13.1. The average Bonchev–Trinajstić information content (AvgIpc) is 2.23. The molecule has 0 bridgehead atoms. The number of amides is 1. The third-order valence-electron chi connectivity index (χ3n) is 3.40. The predicted octanol–water partition coefficient (Wildman–Crippen LogP) is 4.02. The van der Waals surface area contributed by atoms with Gasteiger partial charge < -0.3 is 10.1 Å². The lowest BCUT2D eigenvalue weighted by Crippen LogP contribution is -2.45. The molecule has 1 N–H and O–H groups in total. The molecular weight excluding hydrogens is 250 g/mol. The van der Waals surface area contributed by atoms with Crippen molar-refractivity contribution in [1.82, 2.24) is 5.32 Å². The smallest absolute Gasteiger partial charge is 0.225 e. The van der Waals surface area contributed by atoms with Gasteiger partial charge in [0.05, 0.1) is 5.60 Å². The second kappa shape index (κ2) is 8.02. The highest BCUT2D eigenvalue weighted by atomic mass is 16.5. The Kier molecular flexibility index (Phi) is 7.79. The minimum atomic E-state index is -0.317. The molecule has 0 aromatic rings. The van der Waals surface area contributed by atoms with E-state index >= 15 is 0 Å². The van der Waals surface area contributed by atoms with Crippen molar-refractivity contribution >= 4 is 5.91 Å². The summed E-state index contributed by atoms with van der Waals surface area (Å²) in [5, 5.41) is 3.04. The standard InChI is InChI=1S/C17H35NO2/c1-13(2)9-10-20-17(7,8)12-18-15(19)16(5,6)11-14(3)4/h13-14H,9-12H2,1-8H3,(H,18,19). The molecule has 3 nitrogen and oxygen atoms in total. The molecule has 0 heterocycles. The van der Waals surface area contributed by atoms with Crippen LogP contribution in [-0.4, -0.2) is 24.7 Å². The Morgan fingerprint density at radius 2 is 1.60 bits per heavy atom. The number of carbonyl (C=O) groups is 1. The molecule has 20 heavy (non-hydrogen) atoms. The Hall–Kier alpha value is -0.570. The van der Waals surface area contributed by atoms with Gasteiger partial charge in [-0.15, -0.1) is 0 Å². The van der Waals surface area contributed by atoms with Crippen molar-refractivity contribution in [2.45, 2.75) is 73.8 Å². The highest BCUT2D eigenvalue weighted by Crippen LogP contribution is 2.25. The number of rotatable bonds is 9. The average molecular weight is 285 g/mol. The highest BCUT2D eigenvalue weighted by molar-refractivity contribution is 5.81. The number of nitrogens with one attached hydrogen (secondary N) is 1. The van der Waals surface area contributed by atoms with E-state index in [0.717, 1.165) is 19.4 Å². The maximum absolute atomic E-state index is 12.3. The molecule has 0 fully saturated rings. The van der Waals surface area contributed by atoms with Crippen LogP contribution in [0.1, 0.15) is 68.2 Å². The first kappa shape index (κ1) is 19.4. The predicted molar refractivity (Wildman–Crippen MR) is 85.7 cm³/mol. The molecule has 0 unspecified atom stereocenters. The van der Waals surface area contributed by atoms with Gasteiger partial charge in [-0.1, -0.05) is 41.5 Å². The summed E-state index contributed by atoms with van der Waals surface area (Å²) < 4.78 is 5.87. The summed E-state index contributed by atoms with van der Waals surface area (Å²) in [6.45, 7) is 18.1. The molecule has 0 saturated carbocycles. The van der Waals surface area contributed by atoms with Gasteiger partial charge in [0, 0.05) is 18.6 Å². The summed E-state index contributed by atoms with van der Waals surface area (Å²) in [7, 11) is 0. The number of ether oxygens (including phenoxy) is 1. The van der Waals surface area contributed by atoms with Crippen LogP contribution in [0.15, 0.2) is 0 Å². The summed E-state index contributed by atoms with van der Waals surface area (Å²) in [6.07, 6.45) is 1.95. The van der Waals surface area contributed by atoms with Crippen LogP contribution in [0.4, 0.5) is 0 Å².